The standard InChI is InChI=1S/C23H29N/c1-2-12-21(13-3-1)24-18-17-20-10-5-7-16-23(20)19-9-4-6-14-22(24)15-8-11-19/h1-3,5,7,10,12-13,16,19,22H,4,6,8-9,11,14-15,17-18H2. The van der Waals surface area contributed by atoms with Crippen molar-refractivity contribution in [3.8, 4) is 0 Å². The third-order valence-corrected chi connectivity index (χ3v) is 6.08. The van der Waals surface area contributed by atoms with E-state index in [1.54, 1.807) is 11.1 Å². The summed E-state index contributed by atoms with van der Waals surface area (Å²) in [5.41, 5.74) is 4.65. The van der Waals surface area contributed by atoms with Gasteiger partial charge in [0.15, 0.2) is 0 Å². The number of hydrogen-bond acceptors (Lipinski definition) is 1. The van der Waals surface area contributed by atoms with Crippen LogP contribution in [0.25, 0.3) is 0 Å². The third kappa shape index (κ3) is 3.36. The van der Waals surface area contributed by atoms with E-state index in [4.69, 9.17) is 0 Å². The lowest BCUT2D eigenvalue weighted by molar-refractivity contribution is 0.481. The van der Waals surface area contributed by atoms with E-state index < -0.39 is 0 Å². The Morgan fingerprint density at radius 2 is 1.42 bits per heavy atom. The van der Waals surface area contributed by atoms with Crippen LogP contribution in [-0.2, 0) is 6.42 Å². The van der Waals surface area contributed by atoms with Gasteiger partial charge < -0.3 is 4.90 Å². The molecule has 1 aliphatic carbocycles. The van der Waals surface area contributed by atoms with Crippen LogP contribution in [0.4, 0.5) is 5.69 Å². The first kappa shape index (κ1) is 15.7. The summed E-state index contributed by atoms with van der Waals surface area (Å²) in [6, 6.07) is 21.1. The smallest absolute Gasteiger partial charge is 0.0368 e. The number of nitrogens with zero attached hydrogens (tertiary/aromatic N) is 1. The van der Waals surface area contributed by atoms with Crippen molar-refractivity contribution < 1.29 is 0 Å². The van der Waals surface area contributed by atoms with Gasteiger partial charge in [-0.05, 0) is 61.3 Å². The second kappa shape index (κ2) is 7.42. The molecule has 1 saturated carbocycles. The molecule has 2 atom stereocenters. The highest BCUT2D eigenvalue weighted by atomic mass is 15.2. The van der Waals surface area contributed by atoms with E-state index in [1.807, 2.05) is 0 Å². The summed E-state index contributed by atoms with van der Waals surface area (Å²) in [4.78, 5) is 2.71. The maximum Gasteiger partial charge on any atom is 0.0368 e. The zero-order valence-electron chi connectivity index (χ0n) is 14.7. The average molecular weight is 319 g/mol. The van der Waals surface area contributed by atoms with Crippen LogP contribution in [0.5, 0.6) is 0 Å². The van der Waals surface area contributed by atoms with Gasteiger partial charge in [0.05, 0.1) is 0 Å². The summed E-state index contributed by atoms with van der Waals surface area (Å²) in [5.74, 6) is 0.795. The monoisotopic (exact) mass is 319 g/mol. The van der Waals surface area contributed by atoms with Crippen molar-refractivity contribution >= 4 is 5.69 Å². The molecule has 4 rings (SSSR count). The van der Waals surface area contributed by atoms with Gasteiger partial charge in [-0.25, -0.2) is 0 Å². The van der Waals surface area contributed by atoms with Crippen LogP contribution in [0.1, 0.15) is 62.0 Å². The molecule has 1 nitrogen and oxygen atoms in total. The van der Waals surface area contributed by atoms with E-state index in [1.165, 1.54) is 57.1 Å². The van der Waals surface area contributed by atoms with Gasteiger partial charge in [-0.2, -0.15) is 0 Å². The van der Waals surface area contributed by atoms with E-state index in [9.17, 15) is 0 Å². The van der Waals surface area contributed by atoms with Crippen LogP contribution in [0.15, 0.2) is 54.6 Å². The van der Waals surface area contributed by atoms with Gasteiger partial charge in [0.25, 0.3) is 0 Å². The van der Waals surface area contributed by atoms with Crippen molar-refractivity contribution in [2.75, 3.05) is 11.4 Å². The van der Waals surface area contributed by atoms with Crippen molar-refractivity contribution in [2.45, 2.75) is 63.3 Å². The van der Waals surface area contributed by atoms with Crippen LogP contribution in [0.2, 0.25) is 0 Å². The van der Waals surface area contributed by atoms with Gasteiger partial charge in [0.1, 0.15) is 0 Å². The van der Waals surface area contributed by atoms with E-state index in [2.05, 4.69) is 59.5 Å². The second-order valence-corrected chi connectivity index (χ2v) is 7.54. The molecule has 0 spiro atoms. The molecule has 0 radical (unpaired) electrons. The molecule has 2 aromatic rings. The minimum absolute atomic E-state index is 0.719. The Labute approximate surface area is 146 Å². The Hall–Kier alpha value is -1.76. The number of hydrogen-bond donors (Lipinski definition) is 0. The average Bonchev–Trinajstić information content (AvgIpc) is 2.74. The Balaban J connectivity index is 1.72. The molecular weight excluding hydrogens is 290 g/mol. The second-order valence-electron chi connectivity index (χ2n) is 7.54. The molecular formula is C23H29N. The molecule has 0 saturated heterocycles. The third-order valence-electron chi connectivity index (χ3n) is 6.08. The summed E-state index contributed by atoms with van der Waals surface area (Å²) in [6.45, 7) is 1.15. The van der Waals surface area contributed by atoms with Crippen LogP contribution in [-0.4, -0.2) is 12.6 Å². The van der Waals surface area contributed by atoms with E-state index in [0.29, 0.717) is 0 Å². The first-order valence-corrected chi connectivity index (χ1v) is 9.81. The summed E-state index contributed by atoms with van der Waals surface area (Å²) in [6.07, 6.45) is 10.8. The van der Waals surface area contributed by atoms with Gasteiger partial charge in [-0.15, -0.1) is 0 Å². The predicted molar refractivity (Wildman–Crippen MR) is 103 cm³/mol. The zero-order valence-corrected chi connectivity index (χ0v) is 14.7. The maximum absolute atomic E-state index is 2.71. The number of rotatable bonds is 1. The van der Waals surface area contributed by atoms with E-state index in [-0.39, 0.29) is 0 Å². The summed E-state index contributed by atoms with van der Waals surface area (Å²) < 4.78 is 0. The molecule has 1 aliphatic heterocycles. The normalized spacial score (nSPS) is 24.8. The minimum atomic E-state index is 0.719. The van der Waals surface area contributed by atoms with Crippen LogP contribution < -0.4 is 4.90 Å². The zero-order chi connectivity index (χ0) is 16.2. The fourth-order valence-corrected chi connectivity index (χ4v) is 4.82. The summed E-state index contributed by atoms with van der Waals surface area (Å²) >= 11 is 0. The number of fused-ring (bicyclic) bond motifs is 6. The lowest BCUT2D eigenvalue weighted by atomic mass is 9.85. The fourth-order valence-electron chi connectivity index (χ4n) is 4.82. The molecule has 2 bridgehead atoms. The highest BCUT2D eigenvalue weighted by Crippen LogP contribution is 2.35. The van der Waals surface area contributed by atoms with Crippen LogP contribution >= 0.6 is 0 Å². The molecule has 0 aromatic heterocycles. The van der Waals surface area contributed by atoms with Gasteiger partial charge in [0.2, 0.25) is 0 Å². The van der Waals surface area contributed by atoms with Gasteiger partial charge >= 0.3 is 0 Å². The number of anilines is 1. The van der Waals surface area contributed by atoms with E-state index in [0.717, 1.165) is 18.5 Å². The maximum atomic E-state index is 2.71. The molecule has 0 N–H and O–H groups in total. The Kier molecular flexibility index (Phi) is 4.87. The Bertz CT molecular complexity index is 648. The molecule has 0 amide bonds. The molecule has 126 valence electrons. The van der Waals surface area contributed by atoms with Crippen molar-refractivity contribution in [1.82, 2.24) is 0 Å². The first-order chi connectivity index (χ1) is 11.9. The van der Waals surface area contributed by atoms with Gasteiger partial charge in [-0.1, -0.05) is 61.7 Å². The number of benzene rings is 2. The molecule has 2 aromatic carbocycles. The quantitative estimate of drug-likeness (QED) is 0.628. The molecule has 1 heteroatoms. The molecule has 1 heterocycles. The molecule has 2 aliphatic rings. The van der Waals surface area contributed by atoms with Gasteiger partial charge in [0, 0.05) is 18.3 Å². The Morgan fingerprint density at radius 1 is 0.708 bits per heavy atom. The SMILES string of the molecule is c1ccc(N2CCc3ccccc3C3CCCCC2CCC3)cc1. The van der Waals surface area contributed by atoms with Crippen molar-refractivity contribution in [2.24, 2.45) is 0 Å². The lowest BCUT2D eigenvalue weighted by Crippen LogP contribution is -2.37. The topological polar surface area (TPSA) is 3.24 Å². The highest BCUT2D eigenvalue weighted by Gasteiger charge is 2.25. The fraction of sp³-hybridized carbons (Fsp3) is 0.478. The Morgan fingerprint density at radius 3 is 2.33 bits per heavy atom. The van der Waals surface area contributed by atoms with Gasteiger partial charge in [-0.3, -0.25) is 0 Å². The molecule has 24 heavy (non-hydrogen) atoms. The van der Waals surface area contributed by atoms with Crippen LogP contribution in [0, 0.1) is 0 Å². The van der Waals surface area contributed by atoms with Crippen molar-refractivity contribution in [1.29, 1.82) is 0 Å². The minimum Gasteiger partial charge on any atom is -0.368 e. The molecule has 2 unspecified atom stereocenters. The van der Waals surface area contributed by atoms with E-state index >= 15 is 0 Å². The largest absolute Gasteiger partial charge is 0.368 e. The number of para-hydroxylation sites is 1. The predicted octanol–water partition coefficient (Wildman–Crippen LogP) is 5.95. The van der Waals surface area contributed by atoms with Crippen molar-refractivity contribution in [3.63, 3.8) is 0 Å². The highest BCUT2D eigenvalue weighted by molar-refractivity contribution is 5.47. The first-order valence-electron chi connectivity index (χ1n) is 9.81. The lowest BCUT2D eigenvalue weighted by Gasteiger charge is -2.35. The van der Waals surface area contributed by atoms with Crippen LogP contribution in [0.3, 0.4) is 0 Å². The molecule has 1 fully saturated rings. The van der Waals surface area contributed by atoms with Crippen molar-refractivity contribution in [3.05, 3.63) is 65.7 Å². The summed E-state index contributed by atoms with van der Waals surface area (Å²) in [5, 5.41) is 0. The summed E-state index contributed by atoms with van der Waals surface area (Å²) in [7, 11) is 0.